The van der Waals surface area contributed by atoms with E-state index in [1.807, 2.05) is 12.2 Å². The van der Waals surface area contributed by atoms with Gasteiger partial charge in [0.2, 0.25) is 0 Å². The molecule has 0 amide bonds. The van der Waals surface area contributed by atoms with Gasteiger partial charge in [-0.3, -0.25) is 0 Å². The van der Waals surface area contributed by atoms with Gasteiger partial charge in [-0.05, 0) is 23.3 Å². The van der Waals surface area contributed by atoms with Crippen LogP contribution >= 0.6 is 15.6 Å². The van der Waals surface area contributed by atoms with Crippen LogP contribution in [0.2, 0.25) is 0 Å². The molecule has 0 saturated heterocycles. The summed E-state index contributed by atoms with van der Waals surface area (Å²) in [6.45, 7) is 9.15. The third kappa shape index (κ3) is 25.8. The topological polar surface area (TPSA) is 7.76 Å². The molecule has 2 aromatic heterocycles. The first-order valence-electron chi connectivity index (χ1n) is 8.06. The Morgan fingerprint density at radius 3 is 0.875 bits per heavy atom. The van der Waals surface area contributed by atoms with Gasteiger partial charge in [0.1, 0.15) is 0 Å². The van der Waals surface area contributed by atoms with Gasteiger partial charge in [0, 0.05) is 24.3 Å². The molecule has 32 heavy (non-hydrogen) atoms. The van der Waals surface area contributed by atoms with E-state index in [2.05, 4.69) is 71.3 Å². The van der Waals surface area contributed by atoms with Crippen LogP contribution in [-0.2, 0) is 13.1 Å². The maximum atomic E-state index is 9.87. The number of hydrogen-bond acceptors (Lipinski definition) is 0. The van der Waals surface area contributed by atoms with Gasteiger partial charge in [-0.1, -0.05) is 13.2 Å². The average Bonchev–Trinajstić information content (AvgIpc) is 2.51. The van der Waals surface area contributed by atoms with E-state index in [4.69, 9.17) is 0 Å². The second-order valence-electron chi connectivity index (χ2n) is 6.06. The van der Waals surface area contributed by atoms with Crippen LogP contribution in [0.25, 0.3) is 11.1 Å². The molecule has 0 radical (unpaired) electrons. The van der Waals surface area contributed by atoms with Crippen LogP contribution in [0.3, 0.4) is 0 Å². The number of allylic oxidation sites excluding steroid dienone is 2. The molecule has 0 N–H and O–H groups in total. The summed E-state index contributed by atoms with van der Waals surface area (Å²) in [5, 5.41) is 0. The summed E-state index contributed by atoms with van der Waals surface area (Å²) in [5.41, 5.74) is 2.45. The van der Waals surface area contributed by atoms with Crippen molar-refractivity contribution in [2.75, 3.05) is 0 Å². The van der Waals surface area contributed by atoms with E-state index in [0.29, 0.717) is 0 Å². The van der Waals surface area contributed by atoms with Crippen LogP contribution in [0.15, 0.2) is 74.4 Å². The number of aromatic nitrogens is 2. The number of rotatable bonds is 5. The van der Waals surface area contributed by atoms with Crippen molar-refractivity contribution in [2.24, 2.45) is 0 Å². The Morgan fingerprint density at radius 2 is 0.719 bits per heavy atom. The molecule has 0 unspecified atom stereocenters. The van der Waals surface area contributed by atoms with E-state index >= 15 is 0 Å². The third-order valence-corrected chi connectivity index (χ3v) is 2.80. The monoisotopic (exact) mass is 528 g/mol. The van der Waals surface area contributed by atoms with Crippen LogP contribution in [0.1, 0.15) is 0 Å². The molecule has 2 rings (SSSR count). The molecule has 16 heteroatoms. The Bertz CT molecular complexity index is 814. The van der Waals surface area contributed by atoms with Gasteiger partial charge in [-0.25, -0.2) is 9.13 Å². The zero-order valence-electron chi connectivity index (χ0n) is 15.9. The van der Waals surface area contributed by atoms with Crippen molar-refractivity contribution in [2.45, 2.75) is 13.1 Å². The van der Waals surface area contributed by atoms with Gasteiger partial charge >= 0.3 is 66.0 Å². The Labute approximate surface area is 174 Å². The number of hydrogen-bond donors (Lipinski definition) is 0. The van der Waals surface area contributed by atoms with Gasteiger partial charge in [0.25, 0.3) is 0 Å². The molecule has 0 atom stereocenters. The molecule has 0 saturated carbocycles. The van der Waals surface area contributed by atoms with Crippen molar-refractivity contribution in [3.05, 3.63) is 74.4 Å². The summed E-state index contributed by atoms with van der Waals surface area (Å²) in [6, 6.07) is 8.49. The summed E-state index contributed by atoms with van der Waals surface area (Å²) in [7, 11) is -21.3. The molecule has 186 valence electrons. The second-order valence-corrected chi connectivity index (χ2v) is 9.89. The van der Waals surface area contributed by atoms with Crippen LogP contribution in [-0.4, -0.2) is 0 Å². The standard InChI is InChI=1S/C16H18N2.2F6P/c1-3-9-17-11-5-15(6-12-17)16-7-13-18(10-4-2)14-8-16;2*1-7(2,3,4,5)6/h3-8,11-14H,1-2,9-10H2;;/q+2;2*-1. The normalized spacial score (nSPS) is 15.8. The van der Waals surface area contributed by atoms with E-state index < -0.39 is 15.6 Å². The Morgan fingerprint density at radius 1 is 0.531 bits per heavy atom. The molecule has 0 spiro atoms. The molecule has 2 nitrogen and oxygen atoms in total. The van der Waals surface area contributed by atoms with Gasteiger partial charge in [0.15, 0.2) is 37.9 Å². The van der Waals surface area contributed by atoms with Gasteiger partial charge in [-0.2, -0.15) is 0 Å². The zero-order chi connectivity index (χ0) is 25.6. The molecular weight excluding hydrogens is 510 g/mol. The molecule has 0 fully saturated rings. The molecule has 0 aliphatic rings. The molecule has 0 aliphatic heterocycles. The minimum atomic E-state index is -10.7. The quantitative estimate of drug-likeness (QED) is 0.158. The fourth-order valence-electron chi connectivity index (χ4n) is 1.84. The molecule has 2 heterocycles. The van der Waals surface area contributed by atoms with Crippen molar-refractivity contribution >= 4 is 15.6 Å². The summed E-state index contributed by atoms with van der Waals surface area (Å²) in [5.74, 6) is 0. The van der Waals surface area contributed by atoms with E-state index in [1.54, 1.807) is 0 Å². The predicted octanol–water partition coefficient (Wildman–Crippen LogP) is 9.07. The Kier molecular flexibility index (Phi) is 7.72. The van der Waals surface area contributed by atoms with E-state index in [1.165, 1.54) is 11.1 Å². The van der Waals surface area contributed by atoms with Crippen molar-refractivity contribution < 1.29 is 59.5 Å². The van der Waals surface area contributed by atoms with Crippen molar-refractivity contribution in [1.29, 1.82) is 0 Å². The Balaban J connectivity index is 0.000000570. The van der Waals surface area contributed by atoms with Gasteiger partial charge < -0.3 is 0 Å². The summed E-state index contributed by atoms with van der Waals surface area (Å²) < 4.78 is 123. The zero-order valence-corrected chi connectivity index (χ0v) is 17.7. The molecule has 0 bridgehead atoms. The van der Waals surface area contributed by atoms with Crippen LogP contribution in [0, 0.1) is 0 Å². The second kappa shape index (κ2) is 8.30. The van der Waals surface area contributed by atoms with E-state index in [0.717, 1.165) is 13.1 Å². The first-order valence-corrected chi connectivity index (χ1v) is 12.1. The summed E-state index contributed by atoms with van der Waals surface area (Å²) in [6.07, 6.45) is 12.1. The van der Waals surface area contributed by atoms with Gasteiger partial charge in [-0.15, -0.1) is 0 Å². The van der Waals surface area contributed by atoms with Gasteiger partial charge in [0.05, 0.1) is 0 Å². The molecular formula is C16H18F12N2P2. The summed E-state index contributed by atoms with van der Waals surface area (Å²) >= 11 is 0. The van der Waals surface area contributed by atoms with Crippen LogP contribution in [0.5, 0.6) is 0 Å². The number of halogens is 12. The molecule has 0 aromatic carbocycles. The first kappa shape index (κ1) is 29.8. The predicted molar refractivity (Wildman–Crippen MR) is 99.8 cm³/mol. The van der Waals surface area contributed by atoms with Crippen molar-refractivity contribution in [1.82, 2.24) is 0 Å². The van der Waals surface area contributed by atoms with E-state index in [-0.39, 0.29) is 0 Å². The molecule has 0 aliphatic carbocycles. The Hall–Kier alpha value is -2.20. The number of pyridine rings is 2. The number of nitrogens with zero attached hydrogens (tertiary/aromatic N) is 2. The average molecular weight is 528 g/mol. The van der Waals surface area contributed by atoms with Crippen molar-refractivity contribution in [3.63, 3.8) is 0 Å². The van der Waals surface area contributed by atoms with Crippen LogP contribution in [0.4, 0.5) is 50.4 Å². The first-order chi connectivity index (χ1) is 13.7. The summed E-state index contributed by atoms with van der Waals surface area (Å²) in [4.78, 5) is 0. The minimum absolute atomic E-state index is 0.842. The fourth-order valence-corrected chi connectivity index (χ4v) is 1.84. The molecule has 2 aromatic rings. The SMILES string of the molecule is C=CC[n+]1ccc(-c2cc[n+](CC=C)cc2)cc1.F[P-](F)(F)(F)(F)F.F[P-](F)(F)(F)(F)F. The third-order valence-electron chi connectivity index (χ3n) is 2.80. The van der Waals surface area contributed by atoms with Crippen LogP contribution < -0.4 is 9.13 Å². The maximum absolute atomic E-state index is 10.7. The fraction of sp³-hybridized carbons (Fsp3) is 0.125. The van der Waals surface area contributed by atoms with E-state index in [9.17, 15) is 50.4 Å². The van der Waals surface area contributed by atoms with Crippen molar-refractivity contribution in [3.8, 4) is 11.1 Å².